The molecule has 0 aliphatic heterocycles. The number of anilines is 1. The molecule has 0 saturated heterocycles. The van der Waals surface area contributed by atoms with Gasteiger partial charge in [0, 0.05) is 10.7 Å². The molecule has 0 unspecified atom stereocenters. The third kappa shape index (κ3) is 3.69. The quantitative estimate of drug-likeness (QED) is 0.411. The van der Waals surface area contributed by atoms with Gasteiger partial charge in [0.25, 0.3) is 5.91 Å². The first-order valence-electron chi connectivity index (χ1n) is 9.62. The summed E-state index contributed by atoms with van der Waals surface area (Å²) < 4.78 is 5.45. The number of benzene rings is 4. The SMILES string of the molecule is COc1cc2ccccc2cc1C(=O)Nc1ccc2nn(-c3cccc(Cl)c3)nc2c1. The standard InChI is InChI=1S/C24H17ClN4O2/c1-31-23-12-16-6-3-2-5-15(16)11-20(23)24(30)26-18-9-10-21-22(14-18)28-29(27-21)19-8-4-7-17(25)13-19/h2-14H,1H3,(H,26,30). The molecule has 0 radical (unpaired) electrons. The Morgan fingerprint density at radius 3 is 2.45 bits per heavy atom. The summed E-state index contributed by atoms with van der Waals surface area (Å²) in [5.41, 5.74) is 3.20. The predicted molar refractivity (Wildman–Crippen MR) is 122 cm³/mol. The van der Waals surface area contributed by atoms with E-state index in [4.69, 9.17) is 16.3 Å². The van der Waals surface area contributed by atoms with Gasteiger partial charge in [-0.25, -0.2) is 0 Å². The number of fused-ring (bicyclic) bond motifs is 2. The van der Waals surface area contributed by atoms with Crippen LogP contribution in [0.5, 0.6) is 5.75 Å². The molecule has 0 aliphatic carbocycles. The summed E-state index contributed by atoms with van der Waals surface area (Å²) in [7, 11) is 1.56. The Hall–Kier alpha value is -3.90. The number of amides is 1. The molecule has 31 heavy (non-hydrogen) atoms. The molecule has 5 rings (SSSR count). The Kier molecular flexibility index (Phi) is 4.76. The summed E-state index contributed by atoms with van der Waals surface area (Å²) in [4.78, 5) is 14.5. The average Bonchev–Trinajstić information content (AvgIpc) is 3.21. The van der Waals surface area contributed by atoms with Gasteiger partial charge in [-0.2, -0.15) is 4.80 Å². The lowest BCUT2D eigenvalue weighted by molar-refractivity contribution is 0.102. The smallest absolute Gasteiger partial charge is 0.259 e. The van der Waals surface area contributed by atoms with Gasteiger partial charge in [-0.05, 0) is 59.3 Å². The van der Waals surface area contributed by atoms with Crippen molar-refractivity contribution in [2.24, 2.45) is 0 Å². The van der Waals surface area contributed by atoms with Crippen LogP contribution in [0.15, 0.2) is 78.9 Å². The molecule has 1 aromatic heterocycles. The van der Waals surface area contributed by atoms with Crippen LogP contribution in [0.4, 0.5) is 5.69 Å². The first-order chi connectivity index (χ1) is 15.1. The fourth-order valence-corrected chi connectivity index (χ4v) is 3.66. The number of hydrogen-bond acceptors (Lipinski definition) is 4. The molecule has 1 heterocycles. The van der Waals surface area contributed by atoms with Gasteiger partial charge in [0.2, 0.25) is 0 Å². The highest BCUT2D eigenvalue weighted by atomic mass is 35.5. The third-order valence-corrected chi connectivity index (χ3v) is 5.22. The van der Waals surface area contributed by atoms with Gasteiger partial charge in [0.05, 0.1) is 18.4 Å². The maximum atomic E-state index is 13.0. The third-order valence-electron chi connectivity index (χ3n) is 4.99. The van der Waals surface area contributed by atoms with E-state index >= 15 is 0 Å². The predicted octanol–water partition coefficient (Wildman–Crippen LogP) is 5.49. The van der Waals surface area contributed by atoms with Crippen molar-refractivity contribution < 1.29 is 9.53 Å². The minimum atomic E-state index is -0.260. The molecular formula is C24H17ClN4O2. The maximum Gasteiger partial charge on any atom is 0.259 e. The molecule has 4 aromatic carbocycles. The van der Waals surface area contributed by atoms with Crippen molar-refractivity contribution in [1.82, 2.24) is 15.0 Å². The van der Waals surface area contributed by atoms with Crippen LogP contribution in [-0.2, 0) is 0 Å². The highest BCUT2D eigenvalue weighted by molar-refractivity contribution is 6.30. The number of nitrogens with zero attached hydrogens (tertiary/aromatic N) is 3. The van der Waals surface area contributed by atoms with Crippen LogP contribution < -0.4 is 10.1 Å². The first kappa shape index (κ1) is 19.1. The fourth-order valence-electron chi connectivity index (χ4n) is 3.47. The Morgan fingerprint density at radius 2 is 1.68 bits per heavy atom. The molecule has 0 fully saturated rings. The van der Waals surface area contributed by atoms with Crippen LogP contribution in [0.2, 0.25) is 5.02 Å². The molecule has 0 saturated carbocycles. The summed E-state index contributed by atoms with van der Waals surface area (Å²) in [6, 6.07) is 24.2. The number of rotatable bonds is 4. The Bertz CT molecular complexity index is 1440. The van der Waals surface area contributed by atoms with Crippen molar-refractivity contribution in [1.29, 1.82) is 0 Å². The van der Waals surface area contributed by atoms with E-state index in [2.05, 4.69) is 15.5 Å². The van der Waals surface area contributed by atoms with Crippen LogP contribution >= 0.6 is 11.6 Å². The topological polar surface area (TPSA) is 69.0 Å². The van der Waals surface area contributed by atoms with Crippen molar-refractivity contribution in [3.8, 4) is 11.4 Å². The number of carbonyl (C=O) groups excluding carboxylic acids is 1. The van der Waals surface area contributed by atoms with E-state index in [-0.39, 0.29) is 5.91 Å². The summed E-state index contributed by atoms with van der Waals surface area (Å²) >= 11 is 6.07. The number of hydrogen-bond donors (Lipinski definition) is 1. The number of methoxy groups -OCH3 is 1. The lowest BCUT2D eigenvalue weighted by Crippen LogP contribution is -2.13. The molecule has 0 aliphatic rings. The van der Waals surface area contributed by atoms with E-state index in [1.54, 1.807) is 31.4 Å². The highest BCUT2D eigenvalue weighted by Gasteiger charge is 2.15. The zero-order valence-corrected chi connectivity index (χ0v) is 17.3. The van der Waals surface area contributed by atoms with Gasteiger partial charge < -0.3 is 10.1 Å². The minimum absolute atomic E-state index is 0.260. The monoisotopic (exact) mass is 428 g/mol. The van der Waals surface area contributed by atoms with E-state index in [1.165, 1.54) is 4.80 Å². The van der Waals surface area contributed by atoms with E-state index < -0.39 is 0 Å². The van der Waals surface area contributed by atoms with E-state index in [1.807, 2.05) is 54.6 Å². The fraction of sp³-hybridized carbons (Fsp3) is 0.0417. The average molecular weight is 429 g/mol. The Labute approximate surface area is 183 Å². The van der Waals surface area contributed by atoms with Crippen molar-refractivity contribution in [2.75, 3.05) is 12.4 Å². The largest absolute Gasteiger partial charge is 0.496 e. The molecule has 1 amide bonds. The number of carbonyl (C=O) groups is 1. The van der Waals surface area contributed by atoms with Gasteiger partial charge in [0.1, 0.15) is 16.8 Å². The zero-order chi connectivity index (χ0) is 21.4. The van der Waals surface area contributed by atoms with Crippen molar-refractivity contribution in [2.45, 2.75) is 0 Å². The molecule has 1 N–H and O–H groups in total. The normalized spacial score (nSPS) is 11.0. The van der Waals surface area contributed by atoms with Gasteiger partial charge in [-0.1, -0.05) is 41.9 Å². The summed E-state index contributed by atoms with van der Waals surface area (Å²) in [6.45, 7) is 0. The van der Waals surface area contributed by atoms with Crippen LogP contribution in [0.25, 0.3) is 27.5 Å². The lowest BCUT2D eigenvalue weighted by Gasteiger charge is -2.11. The van der Waals surface area contributed by atoms with Crippen LogP contribution in [0.3, 0.4) is 0 Å². The van der Waals surface area contributed by atoms with E-state index in [0.29, 0.717) is 33.1 Å². The highest BCUT2D eigenvalue weighted by Crippen LogP contribution is 2.27. The summed E-state index contributed by atoms with van der Waals surface area (Å²) in [5.74, 6) is 0.258. The number of nitrogens with one attached hydrogen (secondary N) is 1. The Balaban J connectivity index is 1.46. The van der Waals surface area contributed by atoms with Crippen molar-refractivity contribution in [3.63, 3.8) is 0 Å². The van der Waals surface area contributed by atoms with E-state index in [9.17, 15) is 4.79 Å². The van der Waals surface area contributed by atoms with Gasteiger partial charge in [0.15, 0.2) is 0 Å². The van der Waals surface area contributed by atoms with Crippen LogP contribution in [0, 0.1) is 0 Å². The molecule has 7 heteroatoms. The van der Waals surface area contributed by atoms with Gasteiger partial charge in [-0.3, -0.25) is 4.79 Å². The lowest BCUT2D eigenvalue weighted by atomic mass is 10.1. The minimum Gasteiger partial charge on any atom is -0.496 e. The van der Waals surface area contributed by atoms with Crippen molar-refractivity contribution in [3.05, 3.63) is 89.4 Å². The maximum absolute atomic E-state index is 13.0. The molecular weight excluding hydrogens is 412 g/mol. The van der Waals surface area contributed by atoms with Crippen molar-refractivity contribution >= 4 is 45.0 Å². The first-order valence-corrected chi connectivity index (χ1v) is 10.00. The van der Waals surface area contributed by atoms with Crippen LogP contribution in [-0.4, -0.2) is 28.0 Å². The molecule has 152 valence electrons. The molecule has 5 aromatic rings. The zero-order valence-electron chi connectivity index (χ0n) is 16.5. The number of halogens is 1. The molecule has 6 nitrogen and oxygen atoms in total. The van der Waals surface area contributed by atoms with Gasteiger partial charge >= 0.3 is 0 Å². The summed E-state index contributed by atoms with van der Waals surface area (Å²) in [6.07, 6.45) is 0. The Morgan fingerprint density at radius 1 is 0.903 bits per heavy atom. The van der Waals surface area contributed by atoms with Crippen LogP contribution in [0.1, 0.15) is 10.4 Å². The molecule has 0 atom stereocenters. The number of aromatic nitrogens is 3. The summed E-state index contributed by atoms with van der Waals surface area (Å²) in [5, 5.41) is 14.5. The van der Waals surface area contributed by atoms with E-state index in [0.717, 1.165) is 16.5 Å². The second kappa shape index (κ2) is 7.74. The second-order valence-electron chi connectivity index (χ2n) is 7.03. The number of ether oxygens (including phenoxy) is 1. The van der Waals surface area contributed by atoms with Gasteiger partial charge in [-0.15, -0.1) is 10.2 Å². The second-order valence-corrected chi connectivity index (χ2v) is 7.46. The molecule has 0 spiro atoms. The molecule has 0 bridgehead atoms.